The molecule has 3 aliphatic rings. The van der Waals surface area contributed by atoms with Crippen molar-refractivity contribution in [3.63, 3.8) is 0 Å². The maximum absolute atomic E-state index is 12.8. The molecule has 0 radical (unpaired) electrons. The first-order chi connectivity index (χ1) is 9.65. The number of nitrogens with zero attached hydrogens (tertiary/aromatic N) is 1. The number of piperazine rings is 1. The van der Waals surface area contributed by atoms with E-state index in [1.54, 1.807) is 0 Å². The Labute approximate surface area is 132 Å². The van der Waals surface area contributed by atoms with Gasteiger partial charge in [0.05, 0.1) is 12.6 Å². The minimum Gasteiger partial charge on any atom is -0.350 e. The number of carbonyl (C=O) groups excluding carboxylic acids is 2. The summed E-state index contributed by atoms with van der Waals surface area (Å²) in [5.41, 5.74) is 0. The van der Waals surface area contributed by atoms with Crippen LogP contribution in [0.1, 0.15) is 45.4 Å². The Hall–Kier alpha value is -0.810. The Morgan fingerprint density at radius 3 is 2.76 bits per heavy atom. The van der Waals surface area contributed by atoms with E-state index in [-0.39, 0.29) is 48.8 Å². The van der Waals surface area contributed by atoms with Gasteiger partial charge in [-0.3, -0.25) is 9.59 Å². The average Bonchev–Trinajstić information content (AvgIpc) is 2.45. The van der Waals surface area contributed by atoms with Crippen LogP contribution in [0.25, 0.3) is 0 Å². The molecule has 1 aliphatic carbocycles. The molecule has 3 fully saturated rings. The summed E-state index contributed by atoms with van der Waals surface area (Å²) in [7, 11) is 0. The molecule has 2 heterocycles. The highest BCUT2D eigenvalue weighted by Crippen LogP contribution is 2.29. The van der Waals surface area contributed by atoms with E-state index in [9.17, 15) is 9.59 Å². The number of rotatable bonds is 1. The second-order valence-electron chi connectivity index (χ2n) is 6.57. The van der Waals surface area contributed by atoms with E-state index >= 15 is 0 Å². The van der Waals surface area contributed by atoms with Crippen LogP contribution in [0.2, 0.25) is 0 Å². The molecule has 4 atom stereocenters. The number of halogens is 1. The maximum atomic E-state index is 12.8. The SMILES string of the molecule is C[C@H]1C[C@@H](C(=O)N2CC(=O)NC3CCCCC32)CCN1.Cl. The lowest BCUT2D eigenvalue weighted by atomic mass is 9.85. The minimum atomic E-state index is 0. The van der Waals surface area contributed by atoms with Gasteiger partial charge in [0.2, 0.25) is 11.8 Å². The van der Waals surface area contributed by atoms with E-state index in [4.69, 9.17) is 0 Å². The molecular formula is C15H26ClN3O2. The third kappa shape index (κ3) is 3.51. The molecule has 6 heteroatoms. The number of piperidine rings is 1. The first-order valence-corrected chi connectivity index (χ1v) is 7.98. The van der Waals surface area contributed by atoms with Gasteiger partial charge >= 0.3 is 0 Å². The monoisotopic (exact) mass is 315 g/mol. The van der Waals surface area contributed by atoms with Gasteiger partial charge in [0.15, 0.2) is 0 Å². The molecule has 2 unspecified atom stereocenters. The molecule has 21 heavy (non-hydrogen) atoms. The maximum Gasteiger partial charge on any atom is 0.239 e. The molecule has 0 spiro atoms. The molecule has 0 bridgehead atoms. The zero-order valence-electron chi connectivity index (χ0n) is 12.6. The fourth-order valence-electron chi connectivity index (χ4n) is 4.01. The van der Waals surface area contributed by atoms with Gasteiger partial charge in [-0.2, -0.15) is 0 Å². The zero-order chi connectivity index (χ0) is 14.1. The first kappa shape index (κ1) is 16.6. The second kappa shape index (κ2) is 6.97. The van der Waals surface area contributed by atoms with Gasteiger partial charge in [-0.15, -0.1) is 12.4 Å². The molecule has 3 rings (SSSR count). The van der Waals surface area contributed by atoms with Crippen molar-refractivity contribution in [1.82, 2.24) is 15.5 Å². The van der Waals surface area contributed by atoms with Gasteiger partial charge in [0.1, 0.15) is 0 Å². The summed E-state index contributed by atoms with van der Waals surface area (Å²) >= 11 is 0. The molecule has 2 aliphatic heterocycles. The van der Waals surface area contributed by atoms with E-state index in [0.29, 0.717) is 6.04 Å². The van der Waals surface area contributed by atoms with E-state index in [0.717, 1.165) is 38.6 Å². The molecule has 2 saturated heterocycles. The number of nitrogens with one attached hydrogen (secondary N) is 2. The Morgan fingerprint density at radius 1 is 1.24 bits per heavy atom. The van der Waals surface area contributed by atoms with E-state index < -0.39 is 0 Å². The van der Waals surface area contributed by atoms with E-state index in [1.807, 2.05) is 4.90 Å². The van der Waals surface area contributed by atoms with Crippen LogP contribution in [0, 0.1) is 5.92 Å². The molecule has 2 amide bonds. The van der Waals surface area contributed by atoms with Crippen LogP contribution in [0.5, 0.6) is 0 Å². The predicted octanol–water partition coefficient (Wildman–Crippen LogP) is 1.07. The number of fused-ring (bicyclic) bond motifs is 1. The van der Waals surface area contributed by atoms with Crippen LogP contribution >= 0.6 is 12.4 Å². The Morgan fingerprint density at radius 2 is 2.00 bits per heavy atom. The molecule has 0 aromatic heterocycles. The quantitative estimate of drug-likeness (QED) is 0.761. The Balaban J connectivity index is 0.00000161. The number of amides is 2. The van der Waals surface area contributed by atoms with Crippen molar-refractivity contribution in [2.24, 2.45) is 5.92 Å². The molecular weight excluding hydrogens is 290 g/mol. The lowest BCUT2D eigenvalue weighted by molar-refractivity contribution is -0.148. The molecule has 0 aromatic rings. The van der Waals surface area contributed by atoms with Crippen LogP contribution in [0.15, 0.2) is 0 Å². The van der Waals surface area contributed by atoms with Crippen molar-refractivity contribution < 1.29 is 9.59 Å². The summed E-state index contributed by atoms with van der Waals surface area (Å²) in [5, 5.41) is 6.45. The lowest BCUT2D eigenvalue weighted by Gasteiger charge is -2.45. The molecule has 5 nitrogen and oxygen atoms in total. The zero-order valence-corrected chi connectivity index (χ0v) is 13.5. The third-order valence-electron chi connectivity index (χ3n) is 5.05. The van der Waals surface area contributed by atoms with Gasteiger partial charge in [-0.1, -0.05) is 12.8 Å². The highest BCUT2D eigenvalue weighted by Gasteiger charge is 2.41. The summed E-state index contributed by atoms with van der Waals surface area (Å²) < 4.78 is 0. The average molecular weight is 316 g/mol. The summed E-state index contributed by atoms with van der Waals surface area (Å²) in [6.45, 7) is 3.30. The number of hydrogen-bond donors (Lipinski definition) is 2. The normalized spacial score (nSPS) is 36.2. The fourth-order valence-corrected chi connectivity index (χ4v) is 4.01. The van der Waals surface area contributed by atoms with Crippen LogP contribution in [0.3, 0.4) is 0 Å². The topological polar surface area (TPSA) is 61.4 Å². The van der Waals surface area contributed by atoms with Crippen LogP contribution in [-0.4, -0.2) is 47.9 Å². The highest BCUT2D eigenvalue weighted by atomic mass is 35.5. The van der Waals surface area contributed by atoms with Crippen LogP contribution in [-0.2, 0) is 9.59 Å². The Bertz CT molecular complexity index is 404. The first-order valence-electron chi connectivity index (χ1n) is 7.98. The summed E-state index contributed by atoms with van der Waals surface area (Å²) in [5.74, 6) is 0.327. The summed E-state index contributed by atoms with van der Waals surface area (Å²) in [4.78, 5) is 26.6. The third-order valence-corrected chi connectivity index (χ3v) is 5.05. The number of carbonyl (C=O) groups is 2. The van der Waals surface area contributed by atoms with Crippen LogP contribution in [0.4, 0.5) is 0 Å². The van der Waals surface area contributed by atoms with Crippen molar-refractivity contribution in [3.05, 3.63) is 0 Å². The molecule has 0 aromatic carbocycles. The second-order valence-corrected chi connectivity index (χ2v) is 6.57. The summed E-state index contributed by atoms with van der Waals surface area (Å²) in [6.07, 6.45) is 6.18. The predicted molar refractivity (Wildman–Crippen MR) is 83.3 cm³/mol. The summed E-state index contributed by atoms with van der Waals surface area (Å²) in [6, 6.07) is 0.825. The Kier molecular flexibility index (Phi) is 5.49. The van der Waals surface area contributed by atoms with Crippen LogP contribution < -0.4 is 10.6 Å². The van der Waals surface area contributed by atoms with Crippen molar-refractivity contribution in [1.29, 1.82) is 0 Å². The molecule has 2 N–H and O–H groups in total. The van der Waals surface area contributed by atoms with Gasteiger partial charge in [0.25, 0.3) is 0 Å². The van der Waals surface area contributed by atoms with E-state index in [2.05, 4.69) is 17.6 Å². The lowest BCUT2D eigenvalue weighted by Crippen LogP contribution is -2.64. The minimum absolute atomic E-state index is 0. The van der Waals surface area contributed by atoms with Gasteiger partial charge in [0, 0.05) is 18.0 Å². The van der Waals surface area contributed by atoms with Gasteiger partial charge < -0.3 is 15.5 Å². The highest BCUT2D eigenvalue weighted by molar-refractivity contribution is 5.88. The van der Waals surface area contributed by atoms with Gasteiger partial charge in [-0.25, -0.2) is 0 Å². The van der Waals surface area contributed by atoms with Gasteiger partial charge in [-0.05, 0) is 39.2 Å². The van der Waals surface area contributed by atoms with E-state index in [1.165, 1.54) is 6.42 Å². The fraction of sp³-hybridized carbons (Fsp3) is 0.867. The number of hydrogen-bond acceptors (Lipinski definition) is 3. The van der Waals surface area contributed by atoms with Crippen molar-refractivity contribution >= 4 is 24.2 Å². The molecule has 120 valence electrons. The smallest absolute Gasteiger partial charge is 0.239 e. The van der Waals surface area contributed by atoms with Crippen molar-refractivity contribution in [2.45, 2.75) is 63.6 Å². The molecule has 1 saturated carbocycles. The van der Waals surface area contributed by atoms with Crippen molar-refractivity contribution in [2.75, 3.05) is 13.1 Å². The standard InChI is InChI=1S/C15H25N3O2.ClH/c1-10-8-11(6-7-16-10)15(20)18-9-14(19)17-12-4-2-3-5-13(12)18;/h10-13,16H,2-9H2,1H3,(H,17,19);1H/t10-,11-,12?,13?;/m0./s1. The largest absolute Gasteiger partial charge is 0.350 e. The van der Waals surface area contributed by atoms with Crippen molar-refractivity contribution in [3.8, 4) is 0 Å².